The molecule has 4 heterocycles. The number of nitrogens with zero attached hydrogens (tertiary/aromatic N) is 3. The van der Waals surface area contributed by atoms with Gasteiger partial charge in [-0.3, -0.25) is 9.59 Å². The summed E-state index contributed by atoms with van der Waals surface area (Å²) in [5.74, 6) is 0.0761. The average Bonchev–Trinajstić information content (AvgIpc) is 3.28. The molecule has 2 aliphatic heterocycles. The molecule has 10 nitrogen and oxygen atoms in total. The van der Waals surface area contributed by atoms with Gasteiger partial charge in [-0.1, -0.05) is 29.5 Å². The topological polar surface area (TPSA) is 126 Å². The SMILES string of the molecule is COc1cc2ccc1OCc1cn(nn1)CC(=O)NC2CC(=O)c1cc2ccccc2oc1=O. The van der Waals surface area contributed by atoms with E-state index in [1.165, 1.54) is 17.9 Å². The smallest absolute Gasteiger partial charge is 0.347 e. The van der Waals surface area contributed by atoms with Crippen molar-refractivity contribution in [2.45, 2.75) is 25.6 Å². The second-order valence-electron chi connectivity index (χ2n) is 7.84. The highest BCUT2D eigenvalue weighted by Gasteiger charge is 2.24. The molecule has 10 heteroatoms. The van der Waals surface area contributed by atoms with Crippen molar-refractivity contribution in [1.29, 1.82) is 0 Å². The number of aromatic nitrogens is 3. The van der Waals surface area contributed by atoms with E-state index < -0.39 is 17.5 Å². The maximum absolute atomic E-state index is 13.2. The monoisotopic (exact) mass is 460 g/mol. The van der Waals surface area contributed by atoms with E-state index in [1.54, 1.807) is 48.7 Å². The summed E-state index contributed by atoms with van der Waals surface area (Å²) < 4.78 is 17.9. The molecule has 0 aliphatic carbocycles. The molecule has 2 aromatic carbocycles. The first-order valence-corrected chi connectivity index (χ1v) is 10.6. The number of hydrogen-bond acceptors (Lipinski definition) is 8. The van der Waals surface area contributed by atoms with Gasteiger partial charge in [0, 0.05) is 11.8 Å². The van der Waals surface area contributed by atoms with E-state index in [9.17, 15) is 14.4 Å². The third-order valence-corrected chi connectivity index (χ3v) is 5.52. The Bertz CT molecular complexity index is 1460. The van der Waals surface area contributed by atoms with Gasteiger partial charge < -0.3 is 19.2 Å². The van der Waals surface area contributed by atoms with Crippen molar-refractivity contribution in [2.24, 2.45) is 0 Å². The van der Waals surface area contributed by atoms with E-state index in [0.29, 0.717) is 33.7 Å². The second kappa shape index (κ2) is 8.81. The number of rotatable bonds is 4. The van der Waals surface area contributed by atoms with Crippen LogP contribution in [-0.2, 0) is 17.9 Å². The van der Waals surface area contributed by atoms with Gasteiger partial charge in [0.05, 0.1) is 19.3 Å². The fraction of sp³-hybridized carbons (Fsp3) is 0.208. The quantitative estimate of drug-likeness (QED) is 0.364. The fourth-order valence-electron chi connectivity index (χ4n) is 3.84. The van der Waals surface area contributed by atoms with Crippen molar-refractivity contribution in [2.75, 3.05) is 7.11 Å². The summed E-state index contributed by atoms with van der Waals surface area (Å²) in [6.45, 7) is 0.0567. The molecule has 34 heavy (non-hydrogen) atoms. The fourth-order valence-corrected chi connectivity index (χ4v) is 3.84. The lowest BCUT2D eigenvalue weighted by Gasteiger charge is -2.20. The predicted octanol–water partition coefficient (Wildman–Crippen LogP) is 2.42. The van der Waals surface area contributed by atoms with Crippen LogP contribution in [0.15, 0.2) is 63.9 Å². The summed E-state index contributed by atoms with van der Waals surface area (Å²) in [7, 11) is 1.50. The lowest BCUT2D eigenvalue weighted by Crippen LogP contribution is -2.33. The summed E-state index contributed by atoms with van der Waals surface area (Å²) in [6.07, 6.45) is 1.44. The van der Waals surface area contributed by atoms with Crippen LogP contribution >= 0.6 is 0 Å². The minimum atomic E-state index is -0.738. The molecule has 1 N–H and O–H groups in total. The molecule has 0 fully saturated rings. The van der Waals surface area contributed by atoms with E-state index in [0.717, 1.165) is 0 Å². The predicted molar refractivity (Wildman–Crippen MR) is 120 cm³/mol. The minimum Gasteiger partial charge on any atom is -0.493 e. The molecule has 4 bridgehead atoms. The molecular weight excluding hydrogens is 440 g/mol. The van der Waals surface area contributed by atoms with Crippen LogP contribution in [0.1, 0.15) is 34.1 Å². The number of fused-ring (bicyclic) bond motifs is 7. The van der Waals surface area contributed by atoms with Crippen LogP contribution in [-0.4, -0.2) is 33.8 Å². The zero-order valence-electron chi connectivity index (χ0n) is 18.2. The number of hydrogen-bond donors (Lipinski definition) is 1. The van der Waals surface area contributed by atoms with Crippen LogP contribution in [0.4, 0.5) is 0 Å². The van der Waals surface area contributed by atoms with Crippen molar-refractivity contribution in [1.82, 2.24) is 20.3 Å². The molecular formula is C24H20N4O6. The number of Topliss-reactive ketones (excluding diaryl/α,β-unsaturated/α-hetero) is 1. The highest BCUT2D eigenvalue weighted by atomic mass is 16.5. The summed E-state index contributed by atoms with van der Waals surface area (Å²) in [6, 6.07) is 12.9. The number of ketones is 1. The van der Waals surface area contributed by atoms with Crippen molar-refractivity contribution in [3.8, 4) is 11.5 Å². The van der Waals surface area contributed by atoms with Crippen LogP contribution in [0.25, 0.3) is 11.0 Å². The Morgan fingerprint density at radius 3 is 2.91 bits per heavy atom. The Balaban J connectivity index is 1.51. The van der Waals surface area contributed by atoms with Gasteiger partial charge in [0.25, 0.3) is 0 Å². The summed E-state index contributed by atoms with van der Waals surface area (Å²) in [4.78, 5) is 38.4. The average molecular weight is 460 g/mol. The first kappa shape index (κ1) is 21.4. The molecule has 172 valence electrons. The third-order valence-electron chi connectivity index (χ3n) is 5.52. The normalized spacial score (nSPS) is 15.6. The first-order valence-electron chi connectivity index (χ1n) is 10.6. The largest absolute Gasteiger partial charge is 0.493 e. The third kappa shape index (κ3) is 4.25. The zero-order chi connectivity index (χ0) is 23.7. The standard InChI is InChI=1S/C24H20N4O6/c1-32-22-9-14-6-7-21(22)33-13-16-11-28(27-26-16)12-23(30)25-18(14)10-19(29)17-8-15-4-2-3-5-20(15)34-24(17)31/h2-9,11,18H,10,12-13H2,1H3,(H,25,30). The lowest BCUT2D eigenvalue weighted by atomic mass is 9.97. The Kier molecular flexibility index (Phi) is 5.54. The number of nitrogens with one attached hydrogen (secondary N) is 1. The molecule has 4 aromatic rings. The molecule has 0 spiro atoms. The zero-order valence-corrected chi connectivity index (χ0v) is 18.2. The maximum atomic E-state index is 13.2. The van der Waals surface area contributed by atoms with Crippen LogP contribution in [0.3, 0.4) is 0 Å². The Morgan fingerprint density at radius 2 is 2.06 bits per heavy atom. The molecule has 1 atom stereocenters. The van der Waals surface area contributed by atoms with E-state index in [-0.39, 0.29) is 31.0 Å². The minimum absolute atomic E-state index is 0.0799. The lowest BCUT2D eigenvalue weighted by molar-refractivity contribution is -0.122. The second-order valence-corrected chi connectivity index (χ2v) is 7.84. The highest BCUT2D eigenvalue weighted by molar-refractivity contribution is 5.98. The Hall–Kier alpha value is -4.47. The van der Waals surface area contributed by atoms with E-state index >= 15 is 0 Å². The molecule has 2 aliphatic rings. The highest BCUT2D eigenvalue weighted by Crippen LogP contribution is 2.32. The molecule has 0 saturated heterocycles. The molecule has 0 saturated carbocycles. The molecule has 2 aromatic heterocycles. The van der Waals surface area contributed by atoms with Crippen molar-refractivity contribution < 1.29 is 23.5 Å². The van der Waals surface area contributed by atoms with Crippen molar-refractivity contribution in [3.63, 3.8) is 0 Å². The number of carbonyl (C=O) groups excluding carboxylic acids is 2. The van der Waals surface area contributed by atoms with Gasteiger partial charge in [-0.25, -0.2) is 9.48 Å². The number of ether oxygens (including phenoxy) is 2. The van der Waals surface area contributed by atoms with Gasteiger partial charge >= 0.3 is 5.63 Å². The number of methoxy groups -OCH3 is 1. The van der Waals surface area contributed by atoms with Gasteiger partial charge in [-0.05, 0) is 29.8 Å². The van der Waals surface area contributed by atoms with Crippen molar-refractivity contribution >= 4 is 22.7 Å². The molecule has 1 amide bonds. The van der Waals surface area contributed by atoms with Crippen LogP contribution in [0, 0.1) is 0 Å². The van der Waals surface area contributed by atoms with E-state index in [1.807, 2.05) is 0 Å². The van der Waals surface area contributed by atoms with Crippen LogP contribution < -0.4 is 20.4 Å². The molecule has 1 unspecified atom stereocenters. The van der Waals surface area contributed by atoms with Crippen LogP contribution in [0.2, 0.25) is 0 Å². The number of amides is 1. The summed E-state index contributed by atoms with van der Waals surface area (Å²) in [5, 5.41) is 11.4. The van der Waals surface area contributed by atoms with Gasteiger partial charge in [0.2, 0.25) is 5.91 Å². The summed E-state index contributed by atoms with van der Waals surface area (Å²) >= 11 is 0. The van der Waals surface area contributed by atoms with E-state index in [2.05, 4.69) is 15.6 Å². The Morgan fingerprint density at radius 1 is 1.21 bits per heavy atom. The van der Waals surface area contributed by atoms with Gasteiger partial charge in [0.1, 0.15) is 30.0 Å². The number of para-hydroxylation sites is 1. The van der Waals surface area contributed by atoms with Gasteiger partial charge in [-0.2, -0.15) is 0 Å². The van der Waals surface area contributed by atoms with Crippen molar-refractivity contribution in [3.05, 3.63) is 82.0 Å². The summed E-state index contributed by atoms with van der Waals surface area (Å²) in [5.41, 5.74) is 0.758. The molecule has 0 radical (unpaired) electrons. The van der Waals surface area contributed by atoms with Gasteiger partial charge in [0.15, 0.2) is 17.3 Å². The maximum Gasteiger partial charge on any atom is 0.347 e. The number of benzene rings is 2. The first-order chi connectivity index (χ1) is 16.5. The van der Waals surface area contributed by atoms with Gasteiger partial charge in [-0.15, -0.1) is 5.10 Å². The Labute approximate surface area is 193 Å². The molecule has 6 rings (SSSR count). The number of carbonyl (C=O) groups is 2. The van der Waals surface area contributed by atoms with Crippen LogP contribution in [0.5, 0.6) is 11.5 Å². The van der Waals surface area contributed by atoms with E-state index in [4.69, 9.17) is 13.9 Å².